The Morgan fingerprint density at radius 1 is 1.03 bits per heavy atom. The number of aromatic nitrogens is 3. The highest BCUT2D eigenvalue weighted by Gasteiger charge is 2.45. The smallest absolute Gasteiger partial charge is 0.417 e. The van der Waals surface area contributed by atoms with Crippen LogP contribution in [0.5, 0.6) is 6.01 Å². The predicted octanol–water partition coefficient (Wildman–Crippen LogP) is 4.80. The number of benzene rings is 1. The van der Waals surface area contributed by atoms with Gasteiger partial charge in [-0.25, -0.2) is 4.39 Å². The molecule has 4 aliphatic heterocycles. The maximum Gasteiger partial charge on any atom is 0.417 e. The molecule has 3 aromatic rings. The van der Waals surface area contributed by atoms with Crippen molar-refractivity contribution < 1.29 is 22.3 Å². The number of anilines is 1. The van der Waals surface area contributed by atoms with Crippen LogP contribution in [0, 0.1) is 5.82 Å². The highest BCUT2D eigenvalue weighted by atomic mass is 19.4. The first kappa shape index (κ1) is 25.0. The molecule has 0 radical (unpaired) electrons. The van der Waals surface area contributed by atoms with Gasteiger partial charge >= 0.3 is 12.2 Å². The van der Waals surface area contributed by atoms with Gasteiger partial charge in [-0.15, -0.1) is 0 Å². The number of halogens is 4. The van der Waals surface area contributed by atoms with Gasteiger partial charge < -0.3 is 15.0 Å². The van der Waals surface area contributed by atoms with Gasteiger partial charge in [-0.05, 0) is 57.7 Å². The molecule has 7 nitrogen and oxygen atoms in total. The molecule has 0 saturated carbocycles. The van der Waals surface area contributed by atoms with Gasteiger partial charge in [-0.1, -0.05) is 18.2 Å². The Balaban J connectivity index is 1.33. The maximum absolute atomic E-state index is 16.2. The molecule has 0 aliphatic carbocycles. The van der Waals surface area contributed by atoms with Crippen LogP contribution in [0.1, 0.15) is 44.1 Å². The Kier molecular flexibility index (Phi) is 5.93. The maximum atomic E-state index is 16.2. The summed E-state index contributed by atoms with van der Waals surface area (Å²) in [7, 11) is 0. The van der Waals surface area contributed by atoms with Gasteiger partial charge in [0.25, 0.3) is 0 Å². The van der Waals surface area contributed by atoms with E-state index in [1.54, 1.807) is 0 Å². The Bertz CT molecular complexity index is 1390. The third kappa shape index (κ3) is 4.30. The lowest BCUT2D eigenvalue weighted by molar-refractivity contribution is -0.137. The van der Waals surface area contributed by atoms with E-state index in [9.17, 15) is 13.2 Å². The molecule has 206 valence electrons. The predicted molar refractivity (Wildman–Crippen MR) is 138 cm³/mol. The van der Waals surface area contributed by atoms with Crippen molar-refractivity contribution in [3.05, 3.63) is 41.8 Å². The third-order valence-electron chi connectivity index (χ3n) is 8.93. The highest BCUT2D eigenvalue weighted by molar-refractivity contribution is 5.92. The lowest BCUT2D eigenvalue weighted by atomic mass is 9.95. The molecule has 0 spiro atoms. The van der Waals surface area contributed by atoms with E-state index in [0.717, 1.165) is 57.7 Å². The van der Waals surface area contributed by atoms with Crippen LogP contribution >= 0.6 is 0 Å². The summed E-state index contributed by atoms with van der Waals surface area (Å²) in [5.74, 6) is -0.389. The van der Waals surface area contributed by atoms with Crippen molar-refractivity contribution in [1.82, 2.24) is 25.2 Å². The minimum absolute atomic E-state index is 0.0525. The molecule has 0 unspecified atom stereocenters. The van der Waals surface area contributed by atoms with E-state index in [-0.39, 0.29) is 28.3 Å². The molecule has 2 atom stereocenters. The summed E-state index contributed by atoms with van der Waals surface area (Å²) in [6, 6.07) is 5.56. The molecule has 6 heterocycles. The number of nitrogens with one attached hydrogen (secondary N) is 1. The minimum Gasteiger partial charge on any atom is -0.461 e. The van der Waals surface area contributed by atoms with Crippen LogP contribution in [0.2, 0.25) is 0 Å². The molecular formula is C28H30F4N6O. The number of fused-ring (bicyclic) bond motifs is 4. The summed E-state index contributed by atoms with van der Waals surface area (Å²) in [5.41, 5.74) is -1.78. The molecule has 4 aliphatic rings. The minimum atomic E-state index is -4.65. The topological polar surface area (TPSA) is 66.4 Å². The molecule has 2 bridgehead atoms. The molecule has 1 aromatic carbocycles. The lowest BCUT2D eigenvalue weighted by Crippen LogP contribution is -2.51. The van der Waals surface area contributed by atoms with E-state index < -0.39 is 17.6 Å². The second kappa shape index (κ2) is 9.26. The van der Waals surface area contributed by atoms with Gasteiger partial charge in [0.2, 0.25) is 0 Å². The molecule has 0 amide bonds. The van der Waals surface area contributed by atoms with Crippen molar-refractivity contribution >= 4 is 16.7 Å². The van der Waals surface area contributed by atoms with Crippen LogP contribution < -0.4 is 15.0 Å². The van der Waals surface area contributed by atoms with Crippen LogP contribution in [-0.4, -0.2) is 70.3 Å². The van der Waals surface area contributed by atoms with Gasteiger partial charge in [-0.2, -0.15) is 23.1 Å². The Morgan fingerprint density at radius 3 is 2.46 bits per heavy atom. The summed E-state index contributed by atoms with van der Waals surface area (Å²) in [6.45, 7) is 3.87. The Labute approximate surface area is 223 Å². The van der Waals surface area contributed by atoms with Crippen molar-refractivity contribution in [3.63, 3.8) is 0 Å². The summed E-state index contributed by atoms with van der Waals surface area (Å²) in [4.78, 5) is 18.0. The van der Waals surface area contributed by atoms with Crippen molar-refractivity contribution in [2.75, 3.05) is 37.7 Å². The average molecular weight is 543 g/mol. The Morgan fingerprint density at radius 2 is 1.74 bits per heavy atom. The zero-order valence-electron chi connectivity index (χ0n) is 21.5. The molecule has 11 heteroatoms. The summed E-state index contributed by atoms with van der Waals surface area (Å²) >= 11 is 0. The molecular weight excluding hydrogens is 512 g/mol. The molecule has 4 saturated heterocycles. The van der Waals surface area contributed by atoms with E-state index in [0.29, 0.717) is 43.0 Å². The number of piperazine rings is 1. The zero-order chi connectivity index (χ0) is 26.8. The first-order valence-electron chi connectivity index (χ1n) is 13.7. The van der Waals surface area contributed by atoms with E-state index in [4.69, 9.17) is 9.72 Å². The molecule has 2 aromatic heterocycles. The summed E-state index contributed by atoms with van der Waals surface area (Å²) < 4.78 is 63.7. The molecule has 4 fully saturated rings. The van der Waals surface area contributed by atoms with E-state index >= 15 is 4.39 Å². The van der Waals surface area contributed by atoms with Gasteiger partial charge in [-0.3, -0.25) is 9.88 Å². The fourth-order valence-corrected chi connectivity index (χ4v) is 7.08. The number of pyridine rings is 1. The van der Waals surface area contributed by atoms with E-state index in [2.05, 4.69) is 25.1 Å². The quantitative estimate of drug-likeness (QED) is 0.465. The van der Waals surface area contributed by atoms with Crippen LogP contribution in [0.3, 0.4) is 0 Å². The van der Waals surface area contributed by atoms with Crippen molar-refractivity contribution in [1.29, 1.82) is 0 Å². The monoisotopic (exact) mass is 542 g/mol. The highest BCUT2D eigenvalue weighted by Crippen LogP contribution is 2.41. The first-order valence-corrected chi connectivity index (χ1v) is 13.7. The number of hydrogen-bond acceptors (Lipinski definition) is 7. The zero-order valence-corrected chi connectivity index (χ0v) is 21.5. The first-order chi connectivity index (χ1) is 18.8. The molecule has 1 N–H and O–H groups in total. The number of rotatable bonds is 5. The third-order valence-corrected chi connectivity index (χ3v) is 8.93. The van der Waals surface area contributed by atoms with Crippen molar-refractivity contribution in [2.45, 2.75) is 62.3 Å². The second-order valence-electron chi connectivity index (χ2n) is 11.3. The van der Waals surface area contributed by atoms with Crippen LogP contribution in [-0.2, 0) is 6.18 Å². The number of alkyl halides is 3. The number of ether oxygens (including phenoxy) is 1. The second-order valence-corrected chi connectivity index (χ2v) is 11.3. The van der Waals surface area contributed by atoms with Crippen LogP contribution in [0.4, 0.5) is 23.4 Å². The average Bonchev–Trinajstić information content (AvgIpc) is 3.60. The number of nitrogens with zero attached hydrogens (tertiary/aromatic N) is 5. The van der Waals surface area contributed by atoms with Crippen LogP contribution in [0.25, 0.3) is 22.2 Å². The normalized spacial score (nSPS) is 24.5. The van der Waals surface area contributed by atoms with Gasteiger partial charge in [0, 0.05) is 36.9 Å². The van der Waals surface area contributed by atoms with Gasteiger partial charge in [0.1, 0.15) is 23.6 Å². The van der Waals surface area contributed by atoms with Gasteiger partial charge in [0.05, 0.1) is 16.5 Å². The van der Waals surface area contributed by atoms with E-state index in [1.807, 2.05) is 0 Å². The van der Waals surface area contributed by atoms with Crippen molar-refractivity contribution in [3.8, 4) is 17.3 Å². The number of hydrogen-bond donors (Lipinski definition) is 1. The van der Waals surface area contributed by atoms with Gasteiger partial charge in [0.15, 0.2) is 5.82 Å². The lowest BCUT2D eigenvalue weighted by Gasteiger charge is -2.34. The summed E-state index contributed by atoms with van der Waals surface area (Å²) in [6.07, 6.45) is 3.14. The van der Waals surface area contributed by atoms with Crippen LogP contribution in [0.15, 0.2) is 30.5 Å². The summed E-state index contributed by atoms with van der Waals surface area (Å²) in [5, 5.41) is 3.95. The molecule has 7 rings (SSSR count). The van der Waals surface area contributed by atoms with E-state index in [1.165, 1.54) is 24.4 Å². The molecule has 39 heavy (non-hydrogen) atoms. The Hall–Kier alpha value is -3.05. The van der Waals surface area contributed by atoms with Crippen molar-refractivity contribution in [2.24, 2.45) is 0 Å². The largest absolute Gasteiger partial charge is 0.461 e. The fraction of sp³-hybridized carbons (Fsp3) is 0.536. The fourth-order valence-electron chi connectivity index (χ4n) is 7.08. The SMILES string of the molecule is Fc1c(-c2ccccc2C(F)(F)F)ncc2c(N3C[C@H]4CC[C@@H](C3)N4)nc(OCC34CCCN3CCC4)nc12. The standard InChI is InChI=1S/C28H30F4N6O/c29-22-23(19-5-1-2-6-21(19)28(30,31)32)33-13-20-24(22)35-26(39-16-27-9-3-11-38(27)12-4-10-27)36-25(20)37-14-17-7-8-18(15-37)34-17/h1-2,5-6,13,17-18,34H,3-4,7-12,14-16H2/t17-,18+.